The van der Waals surface area contributed by atoms with Crippen molar-refractivity contribution in [1.82, 2.24) is 10.2 Å². The van der Waals surface area contributed by atoms with Gasteiger partial charge in [0.25, 0.3) is 0 Å². The van der Waals surface area contributed by atoms with Crippen molar-refractivity contribution in [2.75, 3.05) is 40.3 Å². The molecule has 0 radical (unpaired) electrons. The molecule has 0 aliphatic rings. The lowest BCUT2D eigenvalue weighted by molar-refractivity contribution is 0.129. The van der Waals surface area contributed by atoms with Crippen molar-refractivity contribution < 1.29 is 14.6 Å². The molecule has 0 aromatic carbocycles. The summed E-state index contributed by atoms with van der Waals surface area (Å²) in [5, 5.41) is 12.3. The summed E-state index contributed by atoms with van der Waals surface area (Å²) in [5.41, 5.74) is 4.76. The SMILES string of the molecule is CN(C)CC(O)CNCCOC(N)=O. The third-order valence-electron chi connectivity index (χ3n) is 1.48. The van der Waals surface area contributed by atoms with Gasteiger partial charge in [0, 0.05) is 19.6 Å². The summed E-state index contributed by atoms with van der Waals surface area (Å²) in [6.07, 6.45) is -1.20. The van der Waals surface area contributed by atoms with Crippen LogP contribution >= 0.6 is 0 Å². The zero-order valence-corrected chi connectivity index (χ0v) is 8.69. The van der Waals surface area contributed by atoms with Crippen molar-refractivity contribution in [3.05, 3.63) is 0 Å². The van der Waals surface area contributed by atoms with E-state index in [0.717, 1.165) is 0 Å². The lowest BCUT2D eigenvalue weighted by atomic mass is 10.3. The van der Waals surface area contributed by atoms with E-state index in [4.69, 9.17) is 5.73 Å². The number of rotatable bonds is 7. The highest BCUT2D eigenvalue weighted by atomic mass is 16.5. The van der Waals surface area contributed by atoms with Gasteiger partial charge in [-0.25, -0.2) is 4.79 Å². The molecule has 0 saturated heterocycles. The van der Waals surface area contributed by atoms with Gasteiger partial charge in [0.2, 0.25) is 0 Å². The molecule has 0 bridgehead atoms. The highest BCUT2D eigenvalue weighted by Gasteiger charge is 2.04. The molecule has 0 aromatic rings. The fraction of sp³-hybridized carbons (Fsp3) is 0.875. The van der Waals surface area contributed by atoms with Gasteiger partial charge in [0.05, 0.1) is 6.10 Å². The van der Waals surface area contributed by atoms with Gasteiger partial charge in [-0.15, -0.1) is 0 Å². The van der Waals surface area contributed by atoms with Gasteiger partial charge >= 0.3 is 6.09 Å². The van der Waals surface area contributed by atoms with Gasteiger partial charge in [-0.2, -0.15) is 0 Å². The predicted octanol–water partition coefficient (Wildman–Crippen LogP) is -1.41. The van der Waals surface area contributed by atoms with E-state index in [2.05, 4.69) is 10.1 Å². The number of ether oxygens (including phenoxy) is 1. The van der Waals surface area contributed by atoms with Crippen molar-refractivity contribution in [3.63, 3.8) is 0 Å². The highest BCUT2D eigenvalue weighted by Crippen LogP contribution is 1.83. The second-order valence-electron chi connectivity index (χ2n) is 3.29. The number of likely N-dealkylation sites (N-methyl/N-ethyl adjacent to an activating group) is 1. The van der Waals surface area contributed by atoms with Crippen LogP contribution in [0.15, 0.2) is 0 Å². The van der Waals surface area contributed by atoms with Crippen LogP contribution in [0.5, 0.6) is 0 Å². The minimum Gasteiger partial charge on any atom is -0.448 e. The molecule has 84 valence electrons. The Labute approximate surface area is 84.0 Å². The number of carbonyl (C=O) groups excluding carboxylic acids is 1. The van der Waals surface area contributed by atoms with Gasteiger partial charge in [0.15, 0.2) is 0 Å². The average Bonchev–Trinajstić information content (AvgIpc) is 2.01. The van der Waals surface area contributed by atoms with Crippen LogP contribution in [-0.4, -0.2) is 62.5 Å². The summed E-state index contributed by atoms with van der Waals surface area (Å²) < 4.78 is 4.49. The first-order valence-electron chi connectivity index (χ1n) is 4.48. The first-order chi connectivity index (χ1) is 6.52. The molecular formula is C8H19N3O3. The van der Waals surface area contributed by atoms with Crippen LogP contribution in [0.1, 0.15) is 0 Å². The van der Waals surface area contributed by atoms with E-state index in [1.165, 1.54) is 0 Å². The molecule has 14 heavy (non-hydrogen) atoms. The van der Waals surface area contributed by atoms with Gasteiger partial charge in [-0.3, -0.25) is 0 Å². The second kappa shape index (κ2) is 7.54. The van der Waals surface area contributed by atoms with Crippen LogP contribution in [0.4, 0.5) is 4.79 Å². The number of nitrogens with two attached hydrogens (primary N) is 1. The number of aliphatic hydroxyl groups excluding tert-OH is 1. The largest absolute Gasteiger partial charge is 0.448 e. The van der Waals surface area contributed by atoms with E-state index in [9.17, 15) is 9.90 Å². The molecule has 0 spiro atoms. The van der Waals surface area contributed by atoms with Gasteiger partial charge < -0.3 is 25.8 Å². The average molecular weight is 205 g/mol. The van der Waals surface area contributed by atoms with Crippen molar-refractivity contribution in [1.29, 1.82) is 0 Å². The first kappa shape index (κ1) is 13.2. The van der Waals surface area contributed by atoms with E-state index in [1.807, 2.05) is 19.0 Å². The van der Waals surface area contributed by atoms with E-state index in [-0.39, 0.29) is 6.61 Å². The fourth-order valence-corrected chi connectivity index (χ4v) is 0.979. The van der Waals surface area contributed by atoms with E-state index >= 15 is 0 Å². The number of amides is 1. The van der Waals surface area contributed by atoms with Crippen LogP contribution in [0.2, 0.25) is 0 Å². The lowest BCUT2D eigenvalue weighted by Gasteiger charge is -2.16. The normalized spacial score (nSPS) is 12.9. The Balaban J connectivity index is 3.23. The van der Waals surface area contributed by atoms with Crippen molar-refractivity contribution >= 4 is 6.09 Å². The minimum absolute atomic E-state index is 0.226. The number of aliphatic hydroxyl groups is 1. The Bertz CT molecular complexity index is 164. The minimum atomic E-state index is -0.777. The van der Waals surface area contributed by atoms with Crippen LogP contribution in [0.25, 0.3) is 0 Å². The number of carbonyl (C=O) groups is 1. The summed E-state index contributed by atoms with van der Waals surface area (Å²) in [6.45, 7) is 1.79. The quantitative estimate of drug-likeness (QED) is 0.445. The highest BCUT2D eigenvalue weighted by molar-refractivity contribution is 5.64. The molecule has 1 unspecified atom stereocenters. The Morgan fingerprint density at radius 3 is 2.79 bits per heavy atom. The molecule has 6 nitrogen and oxygen atoms in total. The molecule has 1 atom stereocenters. The van der Waals surface area contributed by atoms with Gasteiger partial charge in [0.1, 0.15) is 6.61 Å². The van der Waals surface area contributed by atoms with Crippen molar-refractivity contribution in [2.45, 2.75) is 6.10 Å². The maximum Gasteiger partial charge on any atom is 0.404 e. The van der Waals surface area contributed by atoms with Crippen LogP contribution < -0.4 is 11.1 Å². The topological polar surface area (TPSA) is 87.8 Å². The molecule has 0 rings (SSSR count). The molecule has 6 heteroatoms. The van der Waals surface area contributed by atoms with Gasteiger partial charge in [-0.1, -0.05) is 0 Å². The van der Waals surface area contributed by atoms with Crippen LogP contribution in [-0.2, 0) is 4.74 Å². The van der Waals surface area contributed by atoms with Crippen molar-refractivity contribution in [3.8, 4) is 0 Å². The van der Waals surface area contributed by atoms with E-state index in [0.29, 0.717) is 19.6 Å². The Kier molecular flexibility index (Phi) is 7.09. The molecule has 0 aromatic heterocycles. The predicted molar refractivity (Wildman–Crippen MR) is 53.0 cm³/mol. The number of hydrogen-bond acceptors (Lipinski definition) is 5. The smallest absolute Gasteiger partial charge is 0.404 e. The molecule has 0 aliphatic heterocycles. The maximum absolute atomic E-state index is 10.2. The fourth-order valence-electron chi connectivity index (χ4n) is 0.979. The molecule has 0 saturated carbocycles. The molecule has 0 heterocycles. The number of nitrogens with zero attached hydrogens (tertiary/aromatic N) is 1. The summed E-state index contributed by atoms with van der Waals surface area (Å²) in [6, 6.07) is 0. The van der Waals surface area contributed by atoms with E-state index < -0.39 is 12.2 Å². The third kappa shape index (κ3) is 9.24. The number of primary amides is 1. The zero-order chi connectivity index (χ0) is 11.0. The number of nitrogens with one attached hydrogen (secondary N) is 1. The molecule has 1 amide bonds. The van der Waals surface area contributed by atoms with Crippen LogP contribution in [0.3, 0.4) is 0 Å². The zero-order valence-electron chi connectivity index (χ0n) is 8.69. The summed E-state index contributed by atoms with van der Waals surface area (Å²) in [7, 11) is 3.78. The standard InChI is InChI=1S/C8H19N3O3/c1-11(2)6-7(12)5-10-3-4-14-8(9)13/h7,10,12H,3-6H2,1-2H3,(H2,9,13). The van der Waals surface area contributed by atoms with Crippen molar-refractivity contribution in [2.24, 2.45) is 5.73 Å². The maximum atomic E-state index is 10.2. The molecule has 0 fully saturated rings. The first-order valence-corrected chi connectivity index (χ1v) is 4.48. The Morgan fingerprint density at radius 2 is 2.29 bits per heavy atom. The molecular weight excluding hydrogens is 186 g/mol. The number of hydrogen-bond donors (Lipinski definition) is 3. The lowest BCUT2D eigenvalue weighted by Crippen LogP contribution is -2.36. The summed E-state index contributed by atoms with van der Waals surface area (Å²) in [5.74, 6) is 0. The summed E-state index contributed by atoms with van der Waals surface area (Å²) in [4.78, 5) is 12.1. The van der Waals surface area contributed by atoms with Crippen LogP contribution in [0, 0.1) is 0 Å². The second-order valence-corrected chi connectivity index (χ2v) is 3.29. The monoisotopic (exact) mass is 205 g/mol. The summed E-state index contributed by atoms with van der Waals surface area (Å²) >= 11 is 0. The third-order valence-corrected chi connectivity index (χ3v) is 1.48. The Morgan fingerprint density at radius 1 is 1.64 bits per heavy atom. The van der Waals surface area contributed by atoms with E-state index in [1.54, 1.807) is 0 Å². The van der Waals surface area contributed by atoms with Gasteiger partial charge in [-0.05, 0) is 14.1 Å². The molecule has 4 N–H and O–H groups in total. The molecule has 0 aliphatic carbocycles. The Hall–Kier alpha value is -0.850.